The third kappa shape index (κ3) is 3.06. The first kappa shape index (κ1) is 9.28. The largest absolute Gasteiger partial charge is 0.396 e. The first-order valence-corrected chi connectivity index (χ1v) is 4.62. The van der Waals surface area contributed by atoms with Crippen molar-refractivity contribution in [1.29, 1.82) is 0 Å². The van der Waals surface area contributed by atoms with Crippen molar-refractivity contribution in [2.24, 2.45) is 0 Å². The molecule has 5 heteroatoms. The van der Waals surface area contributed by atoms with E-state index in [1.807, 2.05) is 0 Å². The van der Waals surface area contributed by atoms with Crippen molar-refractivity contribution in [3.63, 3.8) is 0 Å². The number of nitrogens with zero attached hydrogens (tertiary/aromatic N) is 2. The van der Waals surface area contributed by atoms with Crippen molar-refractivity contribution in [3.05, 3.63) is 12.4 Å². The number of aromatic nitrogens is 2. The molecule has 66 valence electrons. The second-order valence-corrected chi connectivity index (χ2v) is 3.32. The fraction of sp³-hybridized carbons (Fsp3) is 0.429. The number of thioether (sulfide) groups is 1. The predicted octanol–water partition coefficient (Wildman–Crippen LogP) is 0.533. The van der Waals surface area contributed by atoms with Crippen LogP contribution < -0.4 is 5.73 Å². The van der Waals surface area contributed by atoms with Gasteiger partial charge in [0.2, 0.25) is 0 Å². The smallest absolute Gasteiger partial charge is 0.141 e. The van der Waals surface area contributed by atoms with E-state index in [4.69, 9.17) is 10.8 Å². The van der Waals surface area contributed by atoms with E-state index in [2.05, 4.69) is 9.97 Å². The Hall–Kier alpha value is -0.810. The molecule has 1 aromatic rings. The van der Waals surface area contributed by atoms with Crippen LogP contribution in [0.4, 0.5) is 5.82 Å². The highest BCUT2D eigenvalue weighted by Gasteiger charge is 1.94. The minimum atomic E-state index is 0.218. The van der Waals surface area contributed by atoms with E-state index in [0.717, 1.165) is 17.2 Å². The van der Waals surface area contributed by atoms with Crippen molar-refractivity contribution in [3.8, 4) is 0 Å². The van der Waals surface area contributed by atoms with Crippen LogP contribution in [0.5, 0.6) is 0 Å². The Labute approximate surface area is 75.2 Å². The van der Waals surface area contributed by atoms with E-state index in [-0.39, 0.29) is 6.61 Å². The number of nitrogen functional groups attached to an aromatic ring is 1. The average Bonchev–Trinajstić information content (AvgIpc) is 2.09. The first-order valence-electron chi connectivity index (χ1n) is 3.64. The molecule has 0 spiro atoms. The second kappa shape index (κ2) is 4.95. The van der Waals surface area contributed by atoms with Gasteiger partial charge in [-0.05, 0) is 6.42 Å². The molecule has 0 bridgehead atoms. The Morgan fingerprint density at radius 2 is 2.25 bits per heavy atom. The van der Waals surface area contributed by atoms with Crippen LogP contribution in [-0.2, 0) is 0 Å². The SMILES string of the molecule is Nc1cnc(SCCCO)cn1. The summed E-state index contributed by atoms with van der Waals surface area (Å²) < 4.78 is 0. The molecule has 0 radical (unpaired) electrons. The van der Waals surface area contributed by atoms with Gasteiger partial charge in [0.25, 0.3) is 0 Å². The van der Waals surface area contributed by atoms with Gasteiger partial charge in [0, 0.05) is 12.4 Å². The van der Waals surface area contributed by atoms with Gasteiger partial charge in [-0.25, -0.2) is 9.97 Å². The molecule has 0 atom stereocenters. The maximum atomic E-state index is 8.52. The molecule has 0 saturated heterocycles. The molecule has 0 aliphatic carbocycles. The molecule has 0 aliphatic rings. The average molecular weight is 185 g/mol. The van der Waals surface area contributed by atoms with Gasteiger partial charge in [-0.1, -0.05) is 0 Å². The highest BCUT2D eigenvalue weighted by Crippen LogP contribution is 2.14. The van der Waals surface area contributed by atoms with Gasteiger partial charge in [0.05, 0.1) is 12.4 Å². The Morgan fingerprint density at radius 1 is 1.42 bits per heavy atom. The van der Waals surface area contributed by atoms with Crippen LogP contribution in [0.1, 0.15) is 6.42 Å². The molecule has 0 unspecified atom stereocenters. The number of anilines is 1. The maximum Gasteiger partial charge on any atom is 0.141 e. The van der Waals surface area contributed by atoms with E-state index in [0.29, 0.717) is 5.82 Å². The third-order valence-electron chi connectivity index (χ3n) is 1.20. The minimum Gasteiger partial charge on any atom is -0.396 e. The van der Waals surface area contributed by atoms with Gasteiger partial charge >= 0.3 is 0 Å². The maximum absolute atomic E-state index is 8.52. The lowest BCUT2D eigenvalue weighted by Crippen LogP contribution is -1.92. The molecule has 0 saturated carbocycles. The number of hydrogen-bond donors (Lipinski definition) is 2. The fourth-order valence-electron chi connectivity index (χ4n) is 0.642. The van der Waals surface area contributed by atoms with Gasteiger partial charge in [0.1, 0.15) is 10.8 Å². The van der Waals surface area contributed by atoms with Crippen LogP contribution in [0.25, 0.3) is 0 Å². The summed E-state index contributed by atoms with van der Waals surface area (Å²) >= 11 is 1.56. The molecule has 12 heavy (non-hydrogen) atoms. The zero-order valence-electron chi connectivity index (χ0n) is 6.60. The van der Waals surface area contributed by atoms with Crippen molar-refractivity contribution in [2.45, 2.75) is 11.4 Å². The van der Waals surface area contributed by atoms with Gasteiger partial charge in [-0.3, -0.25) is 0 Å². The monoisotopic (exact) mass is 185 g/mol. The van der Waals surface area contributed by atoms with Crippen LogP contribution in [-0.4, -0.2) is 27.4 Å². The van der Waals surface area contributed by atoms with E-state index in [1.165, 1.54) is 6.20 Å². The van der Waals surface area contributed by atoms with Crippen LogP contribution in [0, 0.1) is 0 Å². The molecule has 1 heterocycles. The van der Waals surface area contributed by atoms with Crippen molar-refractivity contribution in [2.75, 3.05) is 18.1 Å². The molecule has 0 fully saturated rings. The minimum absolute atomic E-state index is 0.218. The van der Waals surface area contributed by atoms with Crippen LogP contribution in [0.2, 0.25) is 0 Å². The third-order valence-corrected chi connectivity index (χ3v) is 2.20. The highest BCUT2D eigenvalue weighted by molar-refractivity contribution is 7.99. The van der Waals surface area contributed by atoms with Crippen molar-refractivity contribution < 1.29 is 5.11 Å². The molecule has 4 nitrogen and oxygen atoms in total. The number of nitrogens with two attached hydrogens (primary N) is 1. The topological polar surface area (TPSA) is 72.0 Å². The van der Waals surface area contributed by atoms with E-state index < -0.39 is 0 Å². The normalized spacial score (nSPS) is 10.1. The zero-order chi connectivity index (χ0) is 8.81. The lowest BCUT2D eigenvalue weighted by molar-refractivity contribution is 0.296. The highest BCUT2D eigenvalue weighted by atomic mass is 32.2. The molecule has 1 aromatic heterocycles. The molecule has 0 amide bonds. The Bertz CT molecular complexity index is 227. The molecule has 3 N–H and O–H groups in total. The summed E-state index contributed by atoms with van der Waals surface area (Å²) in [5.41, 5.74) is 5.36. The Kier molecular flexibility index (Phi) is 3.83. The second-order valence-electron chi connectivity index (χ2n) is 2.21. The van der Waals surface area contributed by atoms with Crippen LogP contribution in [0.15, 0.2) is 17.4 Å². The molecular formula is C7H11N3OS. The van der Waals surface area contributed by atoms with Crippen LogP contribution >= 0.6 is 11.8 Å². The summed E-state index contributed by atoms with van der Waals surface area (Å²) in [5, 5.41) is 9.36. The van der Waals surface area contributed by atoms with E-state index in [9.17, 15) is 0 Å². The first-order chi connectivity index (χ1) is 5.83. The van der Waals surface area contributed by atoms with Gasteiger partial charge in [0.15, 0.2) is 0 Å². The summed E-state index contributed by atoms with van der Waals surface area (Å²) in [6, 6.07) is 0. The summed E-state index contributed by atoms with van der Waals surface area (Å²) in [5.74, 6) is 1.29. The summed E-state index contributed by atoms with van der Waals surface area (Å²) in [4.78, 5) is 7.93. The summed E-state index contributed by atoms with van der Waals surface area (Å²) in [6.07, 6.45) is 3.94. The molecule has 0 aliphatic heterocycles. The predicted molar refractivity (Wildman–Crippen MR) is 48.9 cm³/mol. The molecular weight excluding hydrogens is 174 g/mol. The standard InChI is InChI=1S/C7H11N3OS/c8-6-4-10-7(5-9-6)12-3-1-2-11/h4-5,11H,1-3H2,(H2,8,9). The zero-order valence-corrected chi connectivity index (χ0v) is 7.42. The van der Waals surface area contributed by atoms with Crippen molar-refractivity contribution >= 4 is 17.6 Å². The van der Waals surface area contributed by atoms with Gasteiger partial charge in [-0.2, -0.15) is 0 Å². The number of rotatable bonds is 4. The Balaban J connectivity index is 2.37. The lowest BCUT2D eigenvalue weighted by Gasteiger charge is -1.98. The summed E-state index contributed by atoms with van der Waals surface area (Å²) in [7, 11) is 0. The van der Waals surface area contributed by atoms with Gasteiger partial charge < -0.3 is 10.8 Å². The fourth-order valence-corrected chi connectivity index (χ4v) is 1.38. The summed E-state index contributed by atoms with van der Waals surface area (Å²) in [6.45, 7) is 0.218. The quantitative estimate of drug-likeness (QED) is 0.529. The van der Waals surface area contributed by atoms with E-state index >= 15 is 0 Å². The number of aliphatic hydroxyl groups is 1. The number of hydrogen-bond acceptors (Lipinski definition) is 5. The number of aliphatic hydroxyl groups excluding tert-OH is 1. The molecule has 1 rings (SSSR count). The van der Waals surface area contributed by atoms with E-state index in [1.54, 1.807) is 18.0 Å². The Morgan fingerprint density at radius 3 is 2.83 bits per heavy atom. The van der Waals surface area contributed by atoms with Gasteiger partial charge in [-0.15, -0.1) is 11.8 Å². The van der Waals surface area contributed by atoms with Crippen molar-refractivity contribution in [1.82, 2.24) is 9.97 Å². The van der Waals surface area contributed by atoms with Crippen LogP contribution in [0.3, 0.4) is 0 Å². The lowest BCUT2D eigenvalue weighted by atomic mass is 10.5. The molecule has 0 aromatic carbocycles.